The molecule has 18 heavy (non-hydrogen) atoms. The van der Waals surface area contributed by atoms with Gasteiger partial charge in [-0.25, -0.2) is 4.39 Å². The molecule has 1 aromatic carbocycles. The summed E-state index contributed by atoms with van der Waals surface area (Å²) in [7, 11) is 0. The first-order valence-corrected chi connectivity index (χ1v) is 5.66. The van der Waals surface area contributed by atoms with Crippen molar-refractivity contribution < 1.29 is 14.7 Å². The first-order valence-electron chi connectivity index (χ1n) is 5.66. The number of hydrogen-bond donors (Lipinski definition) is 3. The highest BCUT2D eigenvalue weighted by Crippen LogP contribution is 2.23. The van der Waals surface area contributed by atoms with Gasteiger partial charge >= 0.3 is 0 Å². The van der Waals surface area contributed by atoms with Crippen LogP contribution in [-0.4, -0.2) is 35.3 Å². The minimum Gasteiger partial charge on any atom is -0.409 e. The van der Waals surface area contributed by atoms with Crippen molar-refractivity contribution >= 4 is 11.5 Å². The molecule has 0 aromatic heterocycles. The van der Waals surface area contributed by atoms with Gasteiger partial charge in [-0.15, -0.1) is 0 Å². The summed E-state index contributed by atoms with van der Waals surface area (Å²) in [5.74, 6) is -0.624. The van der Waals surface area contributed by atoms with Gasteiger partial charge in [0.25, 0.3) is 0 Å². The Kier molecular flexibility index (Phi) is 4.91. The van der Waals surface area contributed by atoms with Crippen molar-refractivity contribution in [3.63, 3.8) is 0 Å². The van der Waals surface area contributed by atoms with Gasteiger partial charge in [-0.05, 0) is 32.0 Å². The van der Waals surface area contributed by atoms with Crippen LogP contribution in [0.5, 0.6) is 0 Å². The number of nitrogens with zero attached hydrogens (tertiary/aromatic N) is 2. The minimum atomic E-state index is -0.465. The Labute approximate surface area is 105 Å². The second-order valence-electron chi connectivity index (χ2n) is 4.16. The third kappa shape index (κ3) is 3.10. The summed E-state index contributed by atoms with van der Waals surface area (Å²) in [5, 5.41) is 20.7. The molecule has 1 rings (SSSR count). The van der Waals surface area contributed by atoms with Gasteiger partial charge in [-0.1, -0.05) is 5.16 Å². The van der Waals surface area contributed by atoms with E-state index in [0.717, 1.165) is 0 Å². The van der Waals surface area contributed by atoms with E-state index in [0.29, 0.717) is 17.8 Å². The lowest BCUT2D eigenvalue weighted by Crippen LogP contribution is -2.35. The molecule has 0 radical (unpaired) electrons. The molecule has 0 saturated heterocycles. The number of oxime groups is 1. The summed E-state index contributed by atoms with van der Waals surface area (Å²) in [6, 6.07) is 4.15. The Morgan fingerprint density at radius 1 is 1.50 bits per heavy atom. The third-order valence-electron chi connectivity index (χ3n) is 2.62. The summed E-state index contributed by atoms with van der Waals surface area (Å²) < 4.78 is 13.2. The SMILES string of the molecule is CC(C)N(CCO)c1ccc(F)cc1C(N)=NO. The van der Waals surface area contributed by atoms with E-state index in [1.165, 1.54) is 12.1 Å². The molecular formula is C12H18FN3O2. The molecule has 100 valence electrons. The predicted molar refractivity (Wildman–Crippen MR) is 68.5 cm³/mol. The second kappa shape index (κ2) is 6.20. The molecule has 0 atom stereocenters. The third-order valence-corrected chi connectivity index (χ3v) is 2.62. The van der Waals surface area contributed by atoms with Gasteiger partial charge in [-0.2, -0.15) is 0 Å². The van der Waals surface area contributed by atoms with Crippen LogP contribution >= 0.6 is 0 Å². The summed E-state index contributed by atoms with van der Waals surface area (Å²) in [6.07, 6.45) is 0. The average molecular weight is 255 g/mol. The Morgan fingerprint density at radius 3 is 2.67 bits per heavy atom. The van der Waals surface area contributed by atoms with E-state index >= 15 is 0 Å². The number of anilines is 1. The molecule has 0 unspecified atom stereocenters. The summed E-state index contributed by atoms with van der Waals surface area (Å²) >= 11 is 0. The highest BCUT2D eigenvalue weighted by Gasteiger charge is 2.17. The molecule has 5 nitrogen and oxygen atoms in total. The molecule has 1 aromatic rings. The van der Waals surface area contributed by atoms with Crippen molar-refractivity contribution in [3.05, 3.63) is 29.6 Å². The fraction of sp³-hybridized carbons (Fsp3) is 0.417. The van der Waals surface area contributed by atoms with Crippen molar-refractivity contribution in [2.75, 3.05) is 18.1 Å². The molecule has 0 aliphatic heterocycles. The summed E-state index contributed by atoms with van der Waals surface area (Å²) in [6.45, 7) is 4.23. The fourth-order valence-corrected chi connectivity index (χ4v) is 1.78. The van der Waals surface area contributed by atoms with E-state index in [1.807, 2.05) is 18.7 Å². The number of benzene rings is 1. The number of aliphatic hydroxyl groups excluding tert-OH is 1. The topological polar surface area (TPSA) is 82.1 Å². The molecule has 0 spiro atoms. The van der Waals surface area contributed by atoms with Gasteiger partial charge in [-0.3, -0.25) is 0 Å². The van der Waals surface area contributed by atoms with Crippen LogP contribution in [0.4, 0.5) is 10.1 Å². The molecule has 0 saturated carbocycles. The maximum absolute atomic E-state index is 13.2. The highest BCUT2D eigenvalue weighted by atomic mass is 19.1. The number of nitrogens with two attached hydrogens (primary N) is 1. The molecule has 6 heteroatoms. The van der Waals surface area contributed by atoms with E-state index in [2.05, 4.69) is 5.16 Å². The van der Waals surface area contributed by atoms with Gasteiger partial charge in [0.1, 0.15) is 5.82 Å². The van der Waals surface area contributed by atoms with E-state index in [1.54, 1.807) is 6.07 Å². The smallest absolute Gasteiger partial charge is 0.172 e. The minimum absolute atomic E-state index is 0.0365. The standard InChI is InChI=1S/C12H18FN3O2/c1-8(2)16(5-6-17)11-4-3-9(13)7-10(11)12(14)15-18/h3-4,7-8,17-18H,5-6H2,1-2H3,(H2,14,15). The van der Waals surface area contributed by atoms with Crippen LogP contribution in [0.2, 0.25) is 0 Å². The van der Waals surface area contributed by atoms with Crippen LogP contribution in [-0.2, 0) is 0 Å². The van der Waals surface area contributed by atoms with E-state index in [4.69, 9.17) is 16.0 Å². The number of aliphatic hydroxyl groups is 1. The zero-order chi connectivity index (χ0) is 13.7. The van der Waals surface area contributed by atoms with Crippen molar-refractivity contribution in [1.82, 2.24) is 0 Å². The number of halogens is 1. The molecule has 4 N–H and O–H groups in total. The first kappa shape index (κ1) is 14.2. The van der Waals surface area contributed by atoms with Crippen LogP contribution in [0.25, 0.3) is 0 Å². The Morgan fingerprint density at radius 2 is 2.17 bits per heavy atom. The van der Waals surface area contributed by atoms with Gasteiger partial charge in [0.2, 0.25) is 0 Å². The normalized spacial score (nSPS) is 11.9. The first-order chi connectivity index (χ1) is 8.51. The number of hydrogen-bond acceptors (Lipinski definition) is 4. The largest absolute Gasteiger partial charge is 0.409 e. The van der Waals surface area contributed by atoms with Crippen LogP contribution in [0.15, 0.2) is 23.4 Å². The lowest BCUT2D eigenvalue weighted by atomic mass is 10.1. The van der Waals surface area contributed by atoms with Crippen LogP contribution in [0.1, 0.15) is 19.4 Å². The average Bonchev–Trinajstić information content (AvgIpc) is 2.35. The second-order valence-corrected chi connectivity index (χ2v) is 4.16. The molecular weight excluding hydrogens is 237 g/mol. The monoisotopic (exact) mass is 255 g/mol. The molecule has 0 bridgehead atoms. The van der Waals surface area contributed by atoms with Gasteiger partial charge in [0, 0.05) is 23.8 Å². The Hall–Kier alpha value is -1.82. The molecule has 0 aliphatic rings. The van der Waals surface area contributed by atoms with Gasteiger partial charge in [0.05, 0.1) is 6.61 Å². The van der Waals surface area contributed by atoms with Crippen LogP contribution in [0.3, 0.4) is 0 Å². The molecule has 0 fully saturated rings. The maximum atomic E-state index is 13.2. The van der Waals surface area contributed by atoms with Crippen molar-refractivity contribution in [2.45, 2.75) is 19.9 Å². The van der Waals surface area contributed by atoms with Crippen molar-refractivity contribution in [2.24, 2.45) is 10.9 Å². The predicted octanol–water partition coefficient (Wildman–Crippen LogP) is 1.13. The molecule has 0 heterocycles. The lowest BCUT2D eigenvalue weighted by molar-refractivity contribution is 0.299. The Bertz CT molecular complexity index is 435. The zero-order valence-corrected chi connectivity index (χ0v) is 10.5. The quantitative estimate of drug-likeness (QED) is 0.319. The lowest BCUT2D eigenvalue weighted by Gasteiger charge is -2.30. The summed E-state index contributed by atoms with van der Waals surface area (Å²) in [4.78, 5) is 1.85. The zero-order valence-electron chi connectivity index (χ0n) is 10.5. The van der Waals surface area contributed by atoms with Gasteiger partial charge in [0.15, 0.2) is 5.84 Å². The van der Waals surface area contributed by atoms with Crippen molar-refractivity contribution in [3.8, 4) is 0 Å². The Balaban J connectivity index is 3.28. The van der Waals surface area contributed by atoms with Gasteiger partial charge < -0.3 is 20.9 Å². The number of amidine groups is 1. The molecule has 0 aliphatic carbocycles. The van der Waals surface area contributed by atoms with Crippen molar-refractivity contribution in [1.29, 1.82) is 0 Å². The van der Waals surface area contributed by atoms with E-state index in [-0.39, 0.29) is 18.5 Å². The maximum Gasteiger partial charge on any atom is 0.172 e. The van der Waals surface area contributed by atoms with Crippen LogP contribution < -0.4 is 10.6 Å². The van der Waals surface area contributed by atoms with E-state index < -0.39 is 5.82 Å². The van der Waals surface area contributed by atoms with Crippen LogP contribution in [0, 0.1) is 5.82 Å². The number of rotatable bonds is 5. The highest BCUT2D eigenvalue weighted by molar-refractivity contribution is 6.02. The fourth-order valence-electron chi connectivity index (χ4n) is 1.78. The van der Waals surface area contributed by atoms with E-state index in [9.17, 15) is 4.39 Å². The molecule has 0 amide bonds. The summed E-state index contributed by atoms with van der Waals surface area (Å²) in [5.41, 5.74) is 6.47.